The van der Waals surface area contributed by atoms with Gasteiger partial charge in [0.1, 0.15) is 11.2 Å². The molecule has 0 aliphatic rings. The molecular weight excluding hydrogens is 273 g/mol. The van der Waals surface area contributed by atoms with Crippen LogP contribution in [-0.2, 0) is 4.79 Å². The fourth-order valence-electron chi connectivity index (χ4n) is 2.14. The number of nitrogens with zero attached hydrogens (tertiary/aromatic N) is 2. The first-order valence-corrected chi connectivity index (χ1v) is 6.79. The Morgan fingerprint density at radius 2 is 2.10 bits per heavy atom. The van der Waals surface area contributed by atoms with E-state index in [1.807, 2.05) is 0 Å². The van der Waals surface area contributed by atoms with Gasteiger partial charge in [0.2, 0.25) is 5.91 Å². The number of hydrogen-bond donors (Lipinski definition) is 2. The second kappa shape index (κ2) is 6.56. The van der Waals surface area contributed by atoms with Crippen LogP contribution in [0.4, 0.5) is 4.39 Å². The van der Waals surface area contributed by atoms with Crippen LogP contribution >= 0.6 is 0 Å². The van der Waals surface area contributed by atoms with Gasteiger partial charge in [-0.25, -0.2) is 4.39 Å². The van der Waals surface area contributed by atoms with Crippen molar-refractivity contribution < 1.29 is 14.4 Å². The zero-order valence-corrected chi connectivity index (χ0v) is 12.8. The second-order valence-electron chi connectivity index (χ2n) is 5.28. The molecule has 0 heterocycles. The third-order valence-corrected chi connectivity index (χ3v) is 4.11. The summed E-state index contributed by atoms with van der Waals surface area (Å²) in [6.45, 7) is 5.12. The van der Waals surface area contributed by atoms with E-state index in [2.05, 4.69) is 5.16 Å². The fourth-order valence-corrected chi connectivity index (χ4v) is 2.14. The summed E-state index contributed by atoms with van der Waals surface area (Å²) in [6.07, 6.45) is 0.371. The number of halogens is 1. The molecule has 0 saturated heterocycles. The molecule has 2 unspecified atom stereocenters. The maximum atomic E-state index is 13.8. The van der Waals surface area contributed by atoms with E-state index < -0.39 is 11.5 Å². The summed E-state index contributed by atoms with van der Waals surface area (Å²) in [5.74, 6) is -0.842. The van der Waals surface area contributed by atoms with Crippen LogP contribution < -0.4 is 5.73 Å². The van der Waals surface area contributed by atoms with E-state index in [1.165, 1.54) is 11.0 Å². The molecular formula is C15H22FN3O2. The average Bonchev–Trinajstić information content (AvgIpc) is 2.51. The maximum Gasteiger partial charge on any atom is 0.236 e. The van der Waals surface area contributed by atoms with Crippen molar-refractivity contribution >= 4 is 11.7 Å². The van der Waals surface area contributed by atoms with E-state index in [-0.39, 0.29) is 17.6 Å². The quantitative estimate of drug-likeness (QED) is 0.379. The van der Waals surface area contributed by atoms with Crippen LogP contribution in [0.5, 0.6) is 0 Å². The molecule has 0 aliphatic carbocycles. The number of rotatable bonds is 5. The van der Waals surface area contributed by atoms with Gasteiger partial charge >= 0.3 is 0 Å². The topological polar surface area (TPSA) is 78.9 Å². The number of benzene rings is 1. The molecule has 3 N–H and O–H groups in total. The van der Waals surface area contributed by atoms with E-state index >= 15 is 0 Å². The fraction of sp³-hybridized carbons (Fsp3) is 0.467. The van der Waals surface area contributed by atoms with Gasteiger partial charge in [-0.2, -0.15) is 0 Å². The zero-order valence-electron chi connectivity index (χ0n) is 12.8. The number of carbonyl (C=O) groups is 1. The molecule has 1 rings (SSSR count). The van der Waals surface area contributed by atoms with Crippen LogP contribution in [0.3, 0.4) is 0 Å². The van der Waals surface area contributed by atoms with Gasteiger partial charge in [-0.05, 0) is 26.3 Å². The molecule has 21 heavy (non-hydrogen) atoms. The summed E-state index contributed by atoms with van der Waals surface area (Å²) < 4.78 is 13.8. The molecule has 0 radical (unpaired) electrons. The lowest BCUT2D eigenvalue weighted by molar-refractivity contribution is -0.138. The monoisotopic (exact) mass is 295 g/mol. The number of hydrogen-bond acceptors (Lipinski definition) is 3. The Balaban J connectivity index is 3.10. The van der Waals surface area contributed by atoms with Crippen molar-refractivity contribution in [1.82, 2.24) is 4.90 Å². The van der Waals surface area contributed by atoms with Gasteiger partial charge in [-0.1, -0.05) is 30.3 Å². The van der Waals surface area contributed by atoms with Crippen LogP contribution in [-0.4, -0.2) is 28.9 Å². The van der Waals surface area contributed by atoms with Crippen LogP contribution in [0.1, 0.15) is 38.8 Å². The van der Waals surface area contributed by atoms with E-state index in [0.29, 0.717) is 12.0 Å². The van der Waals surface area contributed by atoms with Crippen LogP contribution in [0, 0.1) is 11.2 Å². The Bertz CT molecular complexity index is 547. The number of amides is 1. The molecule has 1 aromatic carbocycles. The molecule has 116 valence electrons. The number of nitrogens with two attached hydrogens (primary N) is 1. The summed E-state index contributed by atoms with van der Waals surface area (Å²) >= 11 is 0. The van der Waals surface area contributed by atoms with Crippen molar-refractivity contribution in [3.05, 3.63) is 35.6 Å². The lowest BCUT2D eigenvalue weighted by Gasteiger charge is -2.34. The van der Waals surface area contributed by atoms with E-state index in [1.54, 1.807) is 46.0 Å². The van der Waals surface area contributed by atoms with Gasteiger partial charge in [-0.15, -0.1) is 0 Å². The third kappa shape index (κ3) is 3.15. The Hall–Kier alpha value is -2.11. The second-order valence-corrected chi connectivity index (χ2v) is 5.28. The highest BCUT2D eigenvalue weighted by Crippen LogP contribution is 2.29. The molecule has 0 spiro atoms. The van der Waals surface area contributed by atoms with Crippen molar-refractivity contribution in [3.63, 3.8) is 0 Å². The van der Waals surface area contributed by atoms with E-state index in [0.717, 1.165) is 0 Å². The van der Waals surface area contributed by atoms with Crippen molar-refractivity contribution in [2.45, 2.75) is 33.2 Å². The minimum absolute atomic E-state index is 0.150. The maximum absolute atomic E-state index is 13.8. The summed E-state index contributed by atoms with van der Waals surface area (Å²) in [5, 5.41) is 11.8. The smallest absolute Gasteiger partial charge is 0.236 e. The van der Waals surface area contributed by atoms with E-state index in [9.17, 15) is 9.18 Å². The summed E-state index contributed by atoms with van der Waals surface area (Å²) in [7, 11) is 1.58. The van der Waals surface area contributed by atoms with Crippen LogP contribution in [0.25, 0.3) is 0 Å². The lowest BCUT2D eigenvalue weighted by Crippen LogP contribution is -2.48. The van der Waals surface area contributed by atoms with Crippen LogP contribution in [0.15, 0.2) is 29.4 Å². The lowest BCUT2D eigenvalue weighted by atomic mass is 9.84. The first-order chi connectivity index (χ1) is 9.79. The summed E-state index contributed by atoms with van der Waals surface area (Å²) in [4.78, 5) is 14.1. The molecule has 1 aromatic rings. The highest BCUT2D eigenvalue weighted by molar-refractivity contribution is 6.06. The first-order valence-electron chi connectivity index (χ1n) is 6.79. The third-order valence-electron chi connectivity index (χ3n) is 4.11. The molecule has 0 fully saturated rings. The Morgan fingerprint density at radius 3 is 2.57 bits per heavy atom. The predicted octanol–water partition coefficient (Wildman–Crippen LogP) is 2.51. The highest BCUT2D eigenvalue weighted by Gasteiger charge is 2.40. The molecule has 0 aliphatic heterocycles. The van der Waals surface area contributed by atoms with Gasteiger partial charge in [-0.3, -0.25) is 4.79 Å². The highest BCUT2D eigenvalue weighted by atomic mass is 19.1. The van der Waals surface area contributed by atoms with Gasteiger partial charge < -0.3 is 15.8 Å². The van der Waals surface area contributed by atoms with Crippen molar-refractivity contribution in [2.75, 3.05) is 7.05 Å². The summed E-state index contributed by atoms with van der Waals surface area (Å²) in [6, 6.07) is 5.84. The number of oxime groups is 1. The minimum atomic E-state index is -1.12. The van der Waals surface area contributed by atoms with Crippen molar-refractivity contribution in [2.24, 2.45) is 16.3 Å². The minimum Gasteiger partial charge on any atom is -0.409 e. The van der Waals surface area contributed by atoms with Gasteiger partial charge in [0.05, 0.1) is 6.04 Å². The normalized spacial score (nSPS) is 16.1. The predicted molar refractivity (Wildman–Crippen MR) is 79.4 cm³/mol. The molecule has 1 amide bonds. The largest absolute Gasteiger partial charge is 0.409 e. The Labute approximate surface area is 124 Å². The molecule has 0 bridgehead atoms. The van der Waals surface area contributed by atoms with Gasteiger partial charge in [0.25, 0.3) is 0 Å². The first kappa shape index (κ1) is 16.9. The van der Waals surface area contributed by atoms with Gasteiger partial charge in [0, 0.05) is 12.6 Å². The zero-order chi connectivity index (χ0) is 16.2. The molecule has 2 atom stereocenters. The van der Waals surface area contributed by atoms with Crippen molar-refractivity contribution in [3.8, 4) is 0 Å². The van der Waals surface area contributed by atoms with Crippen LogP contribution in [0.2, 0.25) is 0 Å². The molecule has 6 heteroatoms. The molecule has 5 nitrogen and oxygen atoms in total. The molecule has 0 aromatic heterocycles. The summed E-state index contributed by atoms with van der Waals surface area (Å²) in [5.41, 5.74) is 4.95. The average molecular weight is 295 g/mol. The number of amidine groups is 1. The Kier molecular flexibility index (Phi) is 5.29. The standard InChI is InChI=1S/C15H22FN3O2/c1-5-15(3,13(17)18-21)14(20)19(4)10(2)11-8-6-7-9-12(11)16/h6-10,21H,5H2,1-4H3,(H2,17,18). The van der Waals surface area contributed by atoms with Gasteiger partial charge in [0.15, 0.2) is 5.84 Å². The van der Waals surface area contributed by atoms with E-state index in [4.69, 9.17) is 10.9 Å². The number of carbonyl (C=O) groups excluding carboxylic acids is 1. The molecule has 0 saturated carbocycles. The Morgan fingerprint density at radius 1 is 1.52 bits per heavy atom. The SMILES string of the molecule is CCC(C)(C(=O)N(C)C(C)c1ccccc1F)/C(N)=N/O. The van der Waals surface area contributed by atoms with Crippen molar-refractivity contribution in [1.29, 1.82) is 0 Å².